The van der Waals surface area contributed by atoms with E-state index in [1.54, 1.807) is 13.0 Å². The molecule has 4 heteroatoms. The van der Waals surface area contributed by atoms with E-state index in [9.17, 15) is 4.79 Å². The van der Waals surface area contributed by atoms with Crippen LogP contribution in [-0.2, 0) is 0 Å². The minimum atomic E-state index is -1.01. The Hall–Kier alpha value is -1.89. The van der Waals surface area contributed by atoms with Crippen LogP contribution in [0.4, 0.5) is 0 Å². The molecule has 0 aliphatic rings. The van der Waals surface area contributed by atoms with Crippen LogP contribution in [0.5, 0.6) is 0 Å². The second kappa shape index (κ2) is 3.68. The minimum Gasteiger partial charge on any atom is -0.478 e. The Balaban J connectivity index is 2.95. The zero-order chi connectivity index (χ0) is 9.84. The molecular formula is C9H8N2O2. The topological polar surface area (TPSA) is 74.0 Å². The average Bonchev–Trinajstić information content (AvgIpc) is 2.17. The van der Waals surface area contributed by atoms with Crippen LogP contribution in [-0.4, -0.2) is 16.1 Å². The van der Waals surface area contributed by atoms with E-state index in [1.165, 1.54) is 12.3 Å². The summed E-state index contributed by atoms with van der Waals surface area (Å²) in [6.45, 7) is 1.71. The van der Waals surface area contributed by atoms with Gasteiger partial charge in [-0.05, 0) is 19.1 Å². The lowest BCUT2D eigenvalue weighted by Gasteiger charge is -2.00. The van der Waals surface area contributed by atoms with Gasteiger partial charge in [0.2, 0.25) is 0 Å². The van der Waals surface area contributed by atoms with Crippen molar-refractivity contribution in [2.45, 2.75) is 12.8 Å². The number of nitriles is 1. The fourth-order valence-electron chi connectivity index (χ4n) is 0.854. The molecule has 0 aliphatic carbocycles. The molecule has 0 saturated carbocycles. The molecule has 1 N–H and O–H groups in total. The summed E-state index contributed by atoms with van der Waals surface area (Å²) in [5, 5.41) is 17.1. The van der Waals surface area contributed by atoms with Crippen LogP contribution in [0.1, 0.15) is 28.9 Å². The number of pyridine rings is 1. The smallest absolute Gasteiger partial charge is 0.337 e. The SMILES string of the molecule is CC(C#N)c1ccc(C(=O)O)cn1. The highest BCUT2D eigenvalue weighted by molar-refractivity contribution is 5.87. The van der Waals surface area contributed by atoms with Crippen molar-refractivity contribution in [3.8, 4) is 6.07 Å². The highest BCUT2D eigenvalue weighted by Gasteiger charge is 2.07. The Kier molecular flexibility index (Phi) is 2.60. The number of rotatable bonds is 2. The molecular weight excluding hydrogens is 168 g/mol. The van der Waals surface area contributed by atoms with E-state index in [-0.39, 0.29) is 11.5 Å². The maximum absolute atomic E-state index is 10.4. The molecule has 1 heterocycles. The summed E-state index contributed by atoms with van der Waals surface area (Å²) in [5.74, 6) is -1.31. The van der Waals surface area contributed by atoms with Gasteiger partial charge in [-0.3, -0.25) is 4.98 Å². The quantitative estimate of drug-likeness (QED) is 0.739. The van der Waals surface area contributed by atoms with Crippen LogP contribution < -0.4 is 0 Å². The van der Waals surface area contributed by atoms with Gasteiger partial charge >= 0.3 is 5.97 Å². The standard InChI is InChI=1S/C9H8N2O2/c1-6(4-10)8-3-2-7(5-11-8)9(12)13/h2-3,5-6H,1H3,(H,12,13). The molecule has 4 nitrogen and oxygen atoms in total. The number of hydrogen-bond acceptors (Lipinski definition) is 3. The summed E-state index contributed by atoms with van der Waals surface area (Å²) in [6, 6.07) is 5.02. The van der Waals surface area contributed by atoms with Crippen molar-refractivity contribution in [3.05, 3.63) is 29.6 Å². The van der Waals surface area contributed by atoms with Crippen LogP contribution in [0.2, 0.25) is 0 Å². The normalized spacial score (nSPS) is 11.7. The van der Waals surface area contributed by atoms with Gasteiger partial charge in [-0.1, -0.05) is 0 Å². The summed E-state index contributed by atoms with van der Waals surface area (Å²) >= 11 is 0. The predicted molar refractivity (Wildman–Crippen MR) is 45.2 cm³/mol. The van der Waals surface area contributed by atoms with Gasteiger partial charge in [-0.2, -0.15) is 5.26 Å². The first-order valence-corrected chi connectivity index (χ1v) is 3.74. The highest BCUT2D eigenvalue weighted by Crippen LogP contribution is 2.11. The summed E-state index contributed by atoms with van der Waals surface area (Å²) in [5.41, 5.74) is 0.724. The Morgan fingerprint density at radius 1 is 1.69 bits per heavy atom. The van der Waals surface area contributed by atoms with E-state index >= 15 is 0 Å². The van der Waals surface area contributed by atoms with Gasteiger partial charge in [0.05, 0.1) is 23.2 Å². The number of aromatic carboxylic acids is 1. The Morgan fingerprint density at radius 2 is 2.38 bits per heavy atom. The minimum absolute atomic E-state index is 0.133. The molecule has 1 unspecified atom stereocenters. The summed E-state index contributed by atoms with van der Waals surface area (Å²) in [6.07, 6.45) is 1.26. The van der Waals surface area contributed by atoms with E-state index in [0.29, 0.717) is 5.69 Å². The molecule has 0 amide bonds. The predicted octanol–water partition coefficient (Wildman–Crippen LogP) is 1.41. The third-order valence-electron chi connectivity index (χ3n) is 1.67. The van der Waals surface area contributed by atoms with Gasteiger partial charge in [0, 0.05) is 6.20 Å². The van der Waals surface area contributed by atoms with Gasteiger partial charge in [-0.15, -0.1) is 0 Å². The van der Waals surface area contributed by atoms with Crippen LogP contribution >= 0.6 is 0 Å². The molecule has 1 aromatic heterocycles. The number of hydrogen-bond donors (Lipinski definition) is 1. The van der Waals surface area contributed by atoms with E-state index in [1.807, 2.05) is 6.07 Å². The van der Waals surface area contributed by atoms with Gasteiger partial charge in [0.25, 0.3) is 0 Å². The zero-order valence-electron chi connectivity index (χ0n) is 7.06. The molecule has 1 aromatic rings. The molecule has 0 aliphatic heterocycles. The molecule has 13 heavy (non-hydrogen) atoms. The van der Waals surface area contributed by atoms with Crippen LogP contribution in [0, 0.1) is 11.3 Å². The number of carboxylic acid groups (broad SMARTS) is 1. The molecule has 0 aromatic carbocycles. The second-order valence-corrected chi connectivity index (χ2v) is 2.63. The summed E-state index contributed by atoms with van der Waals surface area (Å²) in [7, 11) is 0. The fourth-order valence-corrected chi connectivity index (χ4v) is 0.854. The van der Waals surface area contributed by atoms with Gasteiger partial charge < -0.3 is 5.11 Å². The molecule has 0 bridgehead atoms. The van der Waals surface area contributed by atoms with E-state index in [0.717, 1.165) is 0 Å². The van der Waals surface area contributed by atoms with Crippen molar-refractivity contribution >= 4 is 5.97 Å². The fraction of sp³-hybridized carbons (Fsp3) is 0.222. The van der Waals surface area contributed by atoms with Gasteiger partial charge in [0.15, 0.2) is 0 Å². The van der Waals surface area contributed by atoms with Gasteiger partial charge in [-0.25, -0.2) is 4.79 Å². The van der Waals surface area contributed by atoms with E-state index in [2.05, 4.69) is 4.98 Å². The number of aromatic nitrogens is 1. The molecule has 1 atom stereocenters. The lowest BCUT2D eigenvalue weighted by Crippen LogP contribution is -2.00. The monoisotopic (exact) mass is 176 g/mol. The first-order valence-electron chi connectivity index (χ1n) is 3.74. The Bertz CT molecular complexity index is 351. The number of carbonyl (C=O) groups is 1. The Labute approximate surface area is 75.5 Å². The zero-order valence-corrected chi connectivity index (χ0v) is 7.06. The van der Waals surface area contributed by atoms with Crippen LogP contribution in [0.25, 0.3) is 0 Å². The first kappa shape index (κ1) is 9.20. The first-order chi connectivity index (χ1) is 6.15. The molecule has 0 fully saturated rings. The third kappa shape index (κ3) is 2.03. The molecule has 0 saturated heterocycles. The lowest BCUT2D eigenvalue weighted by atomic mass is 10.1. The molecule has 0 radical (unpaired) electrons. The van der Waals surface area contributed by atoms with Gasteiger partial charge in [0.1, 0.15) is 0 Å². The second-order valence-electron chi connectivity index (χ2n) is 2.63. The van der Waals surface area contributed by atoms with E-state index < -0.39 is 5.97 Å². The number of carboxylic acids is 1. The van der Waals surface area contributed by atoms with E-state index in [4.69, 9.17) is 10.4 Å². The summed E-state index contributed by atoms with van der Waals surface area (Å²) < 4.78 is 0. The largest absolute Gasteiger partial charge is 0.478 e. The van der Waals surface area contributed by atoms with Crippen molar-refractivity contribution in [3.63, 3.8) is 0 Å². The maximum Gasteiger partial charge on any atom is 0.337 e. The maximum atomic E-state index is 10.4. The Morgan fingerprint density at radius 3 is 2.77 bits per heavy atom. The van der Waals surface area contributed by atoms with Crippen LogP contribution in [0.15, 0.2) is 18.3 Å². The van der Waals surface area contributed by atoms with Crippen LogP contribution in [0.3, 0.4) is 0 Å². The summed E-state index contributed by atoms with van der Waals surface area (Å²) in [4.78, 5) is 14.3. The average molecular weight is 176 g/mol. The van der Waals surface area contributed by atoms with Crippen molar-refractivity contribution in [2.75, 3.05) is 0 Å². The molecule has 66 valence electrons. The highest BCUT2D eigenvalue weighted by atomic mass is 16.4. The third-order valence-corrected chi connectivity index (χ3v) is 1.67. The molecule has 0 spiro atoms. The lowest BCUT2D eigenvalue weighted by molar-refractivity contribution is 0.0696. The van der Waals surface area contributed by atoms with Crippen molar-refractivity contribution in [1.29, 1.82) is 5.26 Å². The van der Waals surface area contributed by atoms with Crippen molar-refractivity contribution in [1.82, 2.24) is 4.98 Å². The van der Waals surface area contributed by atoms with Crippen molar-refractivity contribution in [2.24, 2.45) is 0 Å². The molecule has 1 rings (SSSR count). The number of nitrogens with zero attached hydrogens (tertiary/aromatic N) is 2. The van der Waals surface area contributed by atoms with Crippen molar-refractivity contribution < 1.29 is 9.90 Å².